The summed E-state index contributed by atoms with van der Waals surface area (Å²) in [4.78, 5) is 11.2. The van der Waals surface area contributed by atoms with Crippen molar-refractivity contribution in [1.82, 2.24) is 0 Å². The van der Waals surface area contributed by atoms with E-state index in [2.05, 4.69) is 27.7 Å². The molecule has 4 nitrogen and oxygen atoms in total. The normalized spacial score (nSPS) is 13.2. The van der Waals surface area contributed by atoms with Crippen LogP contribution in [-0.2, 0) is 11.4 Å². The van der Waals surface area contributed by atoms with Gasteiger partial charge in [0.05, 0.1) is 13.5 Å². The van der Waals surface area contributed by atoms with Gasteiger partial charge in [-0.1, -0.05) is 65.0 Å². The largest absolute Gasteiger partial charge is 0.497 e. The van der Waals surface area contributed by atoms with Gasteiger partial charge >= 0.3 is 5.97 Å². The monoisotopic (exact) mass is 510 g/mol. The molecular formula is C31H36F2O4. The number of aliphatic carboxylic acids is 1. The average molecular weight is 511 g/mol. The van der Waals surface area contributed by atoms with Gasteiger partial charge in [-0.2, -0.15) is 0 Å². The summed E-state index contributed by atoms with van der Waals surface area (Å²) in [5.74, 6) is -1.54. The van der Waals surface area contributed by atoms with Crippen LogP contribution in [-0.4, -0.2) is 18.2 Å². The van der Waals surface area contributed by atoms with E-state index in [1.54, 1.807) is 37.4 Å². The van der Waals surface area contributed by atoms with Gasteiger partial charge in [-0.3, -0.25) is 4.79 Å². The number of carboxylic acid groups (broad SMARTS) is 1. The van der Waals surface area contributed by atoms with Gasteiger partial charge in [0, 0.05) is 5.56 Å². The zero-order valence-corrected chi connectivity index (χ0v) is 22.4. The first-order chi connectivity index (χ1) is 17.5. The molecule has 0 fully saturated rings. The lowest BCUT2D eigenvalue weighted by molar-refractivity contribution is -0.137. The van der Waals surface area contributed by atoms with Gasteiger partial charge in [-0.15, -0.1) is 0 Å². The predicted molar refractivity (Wildman–Crippen MR) is 142 cm³/mol. The number of hydrogen-bond donors (Lipinski definition) is 1. The number of hydrogen-bond acceptors (Lipinski definition) is 3. The second kappa shape index (κ2) is 11.8. The van der Waals surface area contributed by atoms with E-state index in [9.17, 15) is 14.3 Å². The minimum Gasteiger partial charge on any atom is -0.497 e. The van der Waals surface area contributed by atoms with Crippen LogP contribution in [0.15, 0.2) is 54.6 Å². The van der Waals surface area contributed by atoms with E-state index >= 15 is 4.39 Å². The lowest BCUT2D eigenvalue weighted by atomic mass is 9.75. The lowest BCUT2D eigenvalue weighted by Crippen LogP contribution is -2.16. The first-order valence-corrected chi connectivity index (χ1v) is 12.6. The van der Waals surface area contributed by atoms with E-state index in [-0.39, 0.29) is 35.9 Å². The molecular weight excluding hydrogens is 474 g/mol. The maximum absolute atomic E-state index is 15.3. The van der Waals surface area contributed by atoms with Gasteiger partial charge in [-0.05, 0) is 70.2 Å². The van der Waals surface area contributed by atoms with Crippen LogP contribution in [0.3, 0.4) is 0 Å². The maximum Gasteiger partial charge on any atom is 0.303 e. The highest BCUT2D eigenvalue weighted by molar-refractivity contribution is 5.71. The predicted octanol–water partition coefficient (Wildman–Crippen LogP) is 8.34. The quantitative estimate of drug-likeness (QED) is 0.298. The molecule has 198 valence electrons. The van der Waals surface area contributed by atoms with Gasteiger partial charge in [-0.25, -0.2) is 8.78 Å². The van der Waals surface area contributed by atoms with Crippen molar-refractivity contribution in [1.29, 1.82) is 0 Å². The molecule has 0 radical (unpaired) electrons. The summed E-state index contributed by atoms with van der Waals surface area (Å²) in [6.45, 7) is 10.5. The topological polar surface area (TPSA) is 55.8 Å². The Morgan fingerprint density at radius 3 is 2.35 bits per heavy atom. The lowest BCUT2D eigenvalue weighted by Gasteiger charge is -2.30. The fraction of sp³-hybridized carbons (Fsp3) is 0.387. The molecule has 0 spiro atoms. The highest BCUT2D eigenvalue weighted by Crippen LogP contribution is 2.41. The number of ether oxygens (including phenoxy) is 2. The number of benzene rings is 3. The third-order valence-electron chi connectivity index (χ3n) is 7.09. The maximum atomic E-state index is 15.3. The van der Waals surface area contributed by atoms with E-state index in [0.717, 1.165) is 16.7 Å². The molecule has 3 rings (SSSR count). The molecule has 0 saturated carbocycles. The molecule has 0 aromatic heterocycles. The molecule has 1 N–H and O–H groups in total. The molecule has 3 aromatic carbocycles. The average Bonchev–Trinajstić information content (AvgIpc) is 2.86. The van der Waals surface area contributed by atoms with Crippen LogP contribution in [0.2, 0.25) is 0 Å². The summed E-state index contributed by atoms with van der Waals surface area (Å²) < 4.78 is 41.4. The molecule has 37 heavy (non-hydrogen) atoms. The summed E-state index contributed by atoms with van der Waals surface area (Å²) in [5.41, 5.74) is 3.26. The van der Waals surface area contributed by atoms with Crippen molar-refractivity contribution in [2.75, 3.05) is 7.11 Å². The number of rotatable bonds is 10. The summed E-state index contributed by atoms with van der Waals surface area (Å²) >= 11 is 0. The van der Waals surface area contributed by atoms with E-state index in [4.69, 9.17) is 9.47 Å². The summed E-state index contributed by atoms with van der Waals surface area (Å²) in [5, 5.41) is 9.18. The number of halogens is 2. The molecule has 0 aliphatic heterocycles. The van der Waals surface area contributed by atoms with Crippen molar-refractivity contribution < 1.29 is 28.2 Å². The van der Waals surface area contributed by atoms with Crippen molar-refractivity contribution in [2.24, 2.45) is 5.41 Å². The Morgan fingerprint density at radius 2 is 1.73 bits per heavy atom. The van der Waals surface area contributed by atoms with Gasteiger partial charge in [0.25, 0.3) is 0 Å². The minimum atomic E-state index is -0.967. The van der Waals surface area contributed by atoms with E-state index in [1.807, 2.05) is 25.1 Å². The molecule has 0 aliphatic carbocycles. The van der Waals surface area contributed by atoms with E-state index < -0.39 is 17.7 Å². The molecule has 3 aromatic rings. The number of carboxylic acids is 1. The zero-order valence-electron chi connectivity index (χ0n) is 22.4. The fourth-order valence-corrected chi connectivity index (χ4v) is 4.41. The van der Waals surface area contributed by atoms with Crippen LogP contribution in [0, 0.1) is 17.0 Å². The van der Waals surface area contributed by atoms with Crippen LogP contribution in [0.1, 0.15) is 76.0 Å². The van der Waals surface area contributed by atoms with Gasteiger partial charge in [0.15, 0.2) is 11.6 Å². The molecule has 0 saturated heterocycles. The Morgan fingerprint density at radius 1 is 1.00 bits per heavy atom. The van der Waals surface area contributed by atoms with Crippen LogP contribution < -0.4 is 9.47 Å². The highest BCUT2D eigenvalue weighted by atomic mass is 19.1. The van der Waals surface area contributed by atoms with Crippen molar-refractivity contribution in [3.63, 3.8) is 0 Å². The van der Waals surface area contributed by atoms with E-state index in [1.165, 1.54) is 6.07 Å². The second-order valence-corrected chi connectivity index (χ2v) is 10.5. The Kier molecular flexibility index (Phi) is 8.95. The van der Waals surface area contributed by atoms with Gasteiger partial charge in [0.2, 0.25) is 0 Å². The minimum absolute atomic E-state index is 0.0782. The third kappa shape index (κ3) is 6.68. The Bertz CT molecular complexity index is 1250. The first kappa shape index (κ1) is 28.2. The first-order valence-electron chi connectivity index (χ1n) is 12.6. The van der Waals surface area contributed by atoms with E-state index in [0.29, 0.717) is 23.3 Å². The Hall–Kier alpha value is -3.41. The second-order valence-electron chi connectivity index (χ2n) is 10.5. The summed E-state index contributed by atoms with van der Waals surface area (Å²) in [7, 11) is 1.55. The van der Waals surface area contributed by atoms with Crippen LogP contribution in [0.25, 0.3) is 11.1 Å². The standard InChI is InChI=1S/C31H36F2O4/c1-7-21(16-29(34)35)23-9-8-10-28(30(23)33)37-18-20-11-13-24(25(15-20)19(2)31(3,4)5)26-17-22(36-6)12-14-27(26)32/h8-15,17,19,21H,7,16,18H2,1-6H3,(H,34,35)/t19-,21-/m1/s1. The van der Waals surface area contributed by atoms with Crippen molar-refractivity contribution in [3.8, 4) is 22.6 Å². The number of methoxy groups -OCH3 is 1. The molecule has 0 bridgehead atoms. The van der Waals surface area contributed by atoms with Gasteiger partial charge < -0.3 is 14.6 Å². The molecule has 0 unspecified atom stereocenters. The van der Waals surface area contributed by atoms with Gasteiger partial charge in [0.1, 0.15) is 18.2 Å². The molecule has 2 atom stereocenters. The van der Waals surface area contributed by atoms with Crippen molar-refractivity contribution in [3.05, 3.63) is 82.9 Å². The number of carbonyl (C=O) groups is 1. The zero-order chi connectivity index (χ0) is 27.3. The molecule has 0 heterocycles. The third-order valence-corrected chi connectivity index (χ3v) is 7.09. The Balaban J connectivity index is 1.96. The highest BCUT2D eigenvalue weighted by Gasteiger charge is 2.26. The Labute approximate surface area is 218 Å². The smallest absolute Gasteiger partial charge is 0.303 e. The summed E-state index contributed by atoms with van der Waals surface area (Å²) in [6.07, 6.45) is 0.357. The summed E-state index contributed by atoms with van der Waals surface area (Å²) in [6, 6.07) is 15.3. The molecule has 0 aliphatic rings. The molecule has 0 amide bonds. The van der Waals surface area contributed by atoms with Crippen molar-refractivity contribution >= 4 is 5.97 Å². The van der Waals surface area contributed by atoms with Crippen LogP contribution in [0.5, 0.6) is 11.5 Å². The SMILES string of the molecule is CC[C@H](CC(=O)O)c1cccc(OCc2ccc(-c3cc(OC)ccc3F)c([C@@H](C)C(C)(C)C)c2)c1F. The van der Waals surface area contributed by atoms with Crippen LogP contribution >= 0.6 is 0 Å². The van der Waals surface area contributed by atoms with Crippen molar-refractivity contribution in [2.45, 2.75) is 65.9 Å². The van der Waals surface area contributed by atoms with Crippen LogP contribution in [0.4, 0.5) is 8.78 Å². The molecule has 6 heteroatoms. The fourth-order valence-electron chi connectivity index (χ4n) is 4.41.